The quantitative estimate of drug-likeness (QED) is 0.664. The zero-order chi connectivity index (χ0) is 21.6. The molecule has 2 aromatic carbocycles. The van der Waals surface area contributed by atoms with Crippen molar-refractivity contribution in [1.29, 1.82) is 0 Å². The first-order valence-corrected chi connectivity index (χ1v) is 10.6. The summed E-state index contributed by atoms with van der Waals surface area (Å²) in [7, 11) is 0. The summed E-state index contributed by atoms with van der Waals surface area (Å²) in [5, 5.41) is 6.56. The van der Waals surface area contributed by atoms with E-state index in [1.807, 2.05) is 35.2 Å². The average Bonchev–Trinajstić information content (AvgIpc) is 3.23. The first-order chi connectivity index (χ1) is 15.1. The molecule has 0 atom stereocenters. The predicted molar refractivity (Wildman–Crippen MR) is 116 cm³/mol. The third-order valence-electron chi connectivity index (χ3n) is 5.62. The lowest BCUT2D eigenvalue weighted by atomic mass is 9.95. The van der Waals surface area contributed by atoms with Gasteiger partial charge in [-0.3, -0.25) is 9.59 Å². The number of aryl methyl sites for hydroxylation is 1. The second-order valence-corrected chi connectivity index (χ2v) is 7.85. The second-order valence-electron chi connectivity index (χ2n) is 7.85. The van der Waals surface area contributed by atoms with Gasteiger partial charge in [-0.25, -0.2) is 0 Å². The Bertz CT molecular complexity index is 1020. The Morgan fingerprint density at radius 1 is 1.03 bits per heavy atom. The SMILES string of the molecule is Cc1noc(CNC(=O)C2CCN(C(=O)Cc3ccc(-c4ccccc4)cc3)CC2)n1. The molecule has 0 bridgehead atoms. The highest BCUT2D eigenvalue weighted by molar-refractivity contribution is 5.81. The van der Waals surface area contributed by atoms with E-state index >= 15 is 0 Å². The maximum Gasteiger partial charge on any atom is 0.246 e. The van der Waals surface area contributed by atoms with Crippen LogP contribution in [0.4, 0.5) is 0 Å². The fourth-order valence-corrected chi connectivity index (χ4v) is 3.84. The van der Waals surface area contributed by atoms with Gasteiger partial charge in [0.2, 0.25) is 17.7 Å². The smallest absolute Gasteiger partial charge is 0.246 e. The molecule has 7 heteroatoms. The highest BCUT2D eigenvalue weighted by atomic mass is 16.5. The molecular formula is C24H26N4O3. The summed E-state index contributed by atoms with van der Waals surface area (Å²) < 4.78 is 5.01. The number of hydrogen-bond donors (Lipinski definition) is 1. The normalized spacial score (nSPS) is 14.4. The van der Waals surface area contributed by atoms with E-state index in [1.54, 1.807) is 6.92 Å². The third-order valence-corrected chi connectivity index (χ3v) is 5.62. The summed E-state index contributed by atoms with van der Waals surface area (Å²) in [6.07, 6.45) is 1.70. The third kappa shape index (κ3) is 5.36. The van der Waals surface area contributed by atoms with Crippen molar-refractivity contribution >= 4 is 11.8 Å². The average molecular weight is 418 g/mol. The summed E-state index contributed by atoms with van der Waals surface area (Å²) in [5.74, 6) is 0.924. The molecule has 1 aromatic heterocycles. The number of aromatic nitrogens is 2. The van der Waals surface area contributed by atoms with Crippen LogP contribution in [0.2, 0.25) is 0 Å². The second kappa shape index (κ2) is 9.55. The Morgan fingerprint density at radius 3 is 2.35 bits per heavy atom. The molecule has 0 aliphatic carbocycles. The molecule has 3 aromatic rings. The number of rotatable bonds is 6. The molecule has 0 spiro atoms. The van der Waals surface area contributed by atoms with Crippen LogP contribution in [-0.2, 0) is 22.6 Å². The molecule has 0 unspecified atom stereocenters. The Kier molecular flexibility index (Phi) is 6.40. The number of carbonyl (C=O) groups excluding carboxylic acids is 2. The van der Waals surface area contributed by atoms with Crippen molar-refractivity contribution in [1.82, 2.24) is 20.4 Å². The van der Waals surface area contributed by atoms with Crippen molar-refractivity contribution in [3.05, 3.63) is 71.9 Å². The lowest BCUT2D eigenvalue weighted by Gasteiger charge is -2.31. The van der Waals surface area contributed by atoms with Gasteiger partial charge < -0.3 is 14.7 Å². The van der Waals surface area contributed by atoms with E-state index in [-0.39, 0.29) is 24.3 Å². The van der Waals surface area contributed by atoms with Gasteiger partial charge in [0.25, 0.3) is 0 Å². The van der Waals surface area contributed by atoms with E-state index in [1.165, 1.54) is 0 Å². The number of amides is 2. The van der Waals surface area contributed by atoms with Crippen LogP contribution in [-0.4, -0.2) is 39.9 Å². The van der Waals surface area contributed by atoms with Gasteiger partial charge in [-0.15, -0.1) is 0 Å². The van der Waals surface area contributed by atoms with Gasteiger partial charge in [-0.05, 0) is 36.5 Å². The van der Waals surface area contributed by atoms with Crippen LogP contribution in [0.5, 0.6) is 0 Å². The van der Waals surface area contributed by atoms with E-state index in [4.69, 9.17) is 4.52 Å². The van der Waals surface area contributed by atoms with Crippen LogP contribution in [0.15, 0.2) is 59.1 Å². The summed E-state index contributed by atoms with van der Waals surface area (Å²) in [6.45, 7) is 3.16. The number of nitrogens with one attached hydrogen (secondary N) is 1. The number of carbonyl (C=O) groups is 2. The minimum Gasteiger partial charge on any atom is -0.347 e. The van der Waals surface area contributed by atoms with Crippen molar-refractivity contribution in [2.24, 2.45) is 5.92 Å². The monoisotopic (exact) mass is 418 g/mol. The van der Waals surface area contributed by atoms with Crippen molar-refractivity contribution in [2.75, 3.05) is 13.1 Å². The molecule has 1 fully saturated rings. The molecule has 160 valence electrons. The molecule has 1 saturated heterocycles. The Hall–Kier alpha value is -3.48. The molecule has 4 rings (SSSR count). The van der Waals surface area contributed by atoms with E-state index < -0.39 is 0 Å². The molecule has 31 heavy (non-hydrogen) atoms. The molecule has 1 aliphatic heterocycles. The topological polar surface area (TPSA) is 88.3 Å². The van der Waals surface area contributed by atoms with Crippen molar-refractivity contribution < 1.29 is 14.1 Å². The first-order valence-electron chi connectivity index (χ1n) is 10.6. The van der Waals surface area contributed by atoms with E-state index in [0.717, 1.165) is 16.7 Å². The minimum absolute atomic E-state index is 0.0283. The van der Waals surface area contributed by atoms with Crippen LogP contribution in [0.3, 0.4) is 0 Å². The maximum absolute atomic E-state index is 12.7. The fourth-order valence-electron chi connectivity index (χ4n) is 3.84. The highest BCUT2D eigenvalue weighted by Gasteiger charge is 2.27. The van der Waals surface area contributed by atoms with Crippen LogP contribution >= 0.6 is 0 Å². The number of hydrogen-bond acceptors (Lipinski definition) is 5. The van der Waals surface area contributed by atoms with Gasteiger partial charge in [-0.1, -0.05) is 59.8 Å². The summed E-state index contributed by atoms with van der Waals surface area (Å²) in [5.41, 5.74) is 3.30. The standard InChI is InChI=1S/C24H26N4O3/c1-17-26-22(31-27-17)16-25-24(30)21-11-13-28(14-12-21)23(29)15-18-7-9-20(10-8-18)19-5-3-2-4-6-19/h2-10,21H,11-16H2,1H3,(H,25,30). The van der Waals surface area contributed by atoms with Crippen molar-refractivity contribution in [3.63, 3.8) is 0 Å². The van der Waals surface area contributed by atoms with Gasteiger partial charge in [-0.2, -0.15) is 4.98 Å². The predicted octanol–water partition coefficient (Wildman–Crippen LogP) is 3.14. The number of benzene rings is 2. The molecule has 2 amide bonds. The summed E-state index contributed by atoms with van der Waals surface area (Å²) in [4.78, 5) is 31.0. The van der Waals surface area contributed by atoms with Crippen LogP contribution < -0.4 is 5.32 Å². The molecule has 2 heterocycles. The van der Waals surface area contributed by atoms with E-state index in [0.29, 0.717) is 44.1 Å². The number of likely N-dealkylation sites (tertiary alicyclic amines) is 1. The largest absolute Gasteiger partial charge is 0.347 e. The van der Waals surface area contributed by atoms with Gasteiger partial charge in [0.15, 0.2) is 5.82 Å². The number of piperidine rings is 1. The van der Waals surface area contributed by atoms with Gasteiger partial charge in [0, 0.05) is 19.0 Å². The van der Waals surface area contributed by atoms with E-state index in [9.17, 15) is 9.59 Å². The number of nitrogens with zero attached hydrogens (tertiary/aromatic N) is 3. The van der Waals surface area contributed by atoms with Crippen LogP contribution in [0, 0.1) is 12.8 Å². The lowest BCUT2D eigenvalue weighted by Crippen LogP contribution is -2.43. The van der Waals surface area contributed by atoms with Gasteiger partial charge in [0.05, 0.1) is 13.0 Å². The zero-order valence-corrected chi connectivity index (χ0v) is 17.6. The van der Waals surface area contributed by atoms with Crippen LogP contribution in [0.1, 0.15) is 30.1 Å². The summed E-state index contributed by atoms with van der Waals surface area (Å²) in [6, 6.07) is 18.3. The van der Waals surface area contributed by atoms with Crippen molar-refractivity contribution in [2.45, 2.75) is 32.7 Å². The Morgan fingerprint density at radius 2 is 1.71 bits per heavy atom. The lowest BCUT2D eigenvalue weighted by molar-refractivity contribution is -0.135. The zero-order valence-electron chi connectivity index (χ0n) is 17.6. The van der Waals surface area contributed by atoms with Crippen LogP contribution in [0.25, 0.3) is 11.1 Å². The summed E-state index contributed by atoms with van der Waals surface area (Å²) >= 11 is 0. The minimum atomic E-state index is -0.0989. The Balaban J connectivity index is 1.24. The van der Waals surface area contributed by atoms with Crippen molar-refractivity contribution in [3.8, 4) is 11.1 Å². The van der Waals surface area contributed by atoms with Gasteiger partial charge >= 0.3 is 0 Å². The Labute approximate surface area is 181 Å². The molecule has 0 radical (unpaired) electrons. The molecular weight excluding hydrogens is 392 g/mol. The fraction of sp³-hybridized carbons (Fsp3) is 0.333. The molecule has 7 nitrogen and oxygen atoms in total. The maximum atomic E-state index is 12.7. The van der Waals surface area contributed by atoms with Gasteiger partial charge in [0.1, 0.15) is 0 Å². The molecule has 1 N–H and O–H groups in total. The van der Waals surface area contributed by atoms with E-state index in [2.05, 4.69) is 39.7 Å². The first kappa shape index (κ1) is 20.8. The molecule has 1 aliphatic rings. The molecule has 0 saturated carbocycles. The highest BCUT2D eigenvalue weighted by Crippen LogP contribution is 2.21.